The Balaban J connectivity index is 1.48. The number of nitrogens with zero attached hydrogens (tertiary/aromatic N) is 1. The van der Waals surface area contributed by atoms with E-state index in [0.717, 1.165) is 25.0 Å². The van der Waals surface area contributed by atoms with Crippen molar-refractivity contribution in [2.75, 3.05) is 19.7 Å². The van der Waals surface area contributed by atoms with Gasteiger partial charge in [-0.05, 0) is 55.7 Å². The molecule has 9 heteroatoms. The monoisotopic (exact) mass is 410 g/mol. The Kier molecular flexibility index (Phi) is 6.46. The van der Waals surface area contributed by atoms with E-state index in [4.69, 9.17) is 9.15 Å². The highest BCUT2D eigenvalue weighted by Crippen LogP contribution is 2.30. The highest BCUT2D eigenvalue weighted by molar-refractivity contribution is 5.95. The first-order valence-electron chi connectivity index (χ1n) is 9.28. The number of halogens is 3. The first-order valence-corrected chi connectivity index (χ1v) is 9.28. The maximum absolute atomic E-state index is 12.5. The predicted molar refractivity (Wildman–Crippen MR) is 97.3 cm³/mol. The lowest BCUT2D eigenvalue weighted by Gasteiger charge is -2.34. The summed E-state index contributed by atoms with van der Waals surface area (Å²) in [5.41, 5.74) is -0.753. The molecule has 1 atom stereocenters. The summed E-state index contributed by atoms with van der Waals surface area (Å²) in [5.74, 6) is -0.147. The van der Waals surface area contributed by atoms with E-state index in [1.165, 1.54) is 23.3 Å². The fraction of sp³-hybridized carbons (Fsp3) is 0.400. The van der Waals surface area contributed by atoms with Crippen LogP contribution in [0.1, 0.15) is 35.4 Å². The molecule has 0 aliphatic carbocycles. The Bertz CT molecular complexity index is 819. The average molecular weight is 410 g/mol. The number of benzene rings is 1. The van der Waals surface area contributed by atoms with Crippen LogP contribution in [-0.4, -0.2) is 42.5 Å². The van der Waals surface area contributed by atoms with Gasteiger partial charge in [-0.3, -0.25) is 9.59 Å². The molecule has 2 aromatic rings. The van der Waals surface area contributed by atoms with Crippen molar-refractivity contribution in [2.45, 2.75) is 31.5 Å². The van der Waals surface area contributed by atoms with Crippen LogP contribution in [0.5, 0.6) is 5.75 Å². The number of likely N-dealkylation sites (tertiary alicyclic amines) is 1. The second-order valence-corrected chi connectivity index (χ2v) is 6.65. The van der Waals surface area contributed by atoms with Crippen molar-refractivity contribution in [1.82, 2.24) is 10.2 Å². The third-order valence-electron chi connectivity index (χ3n) is 4.65. The second kappa shape index (κ2) is 9.02. The maximum atomic E-state index is 12.5. The van der Waals surface area contributed by atoms with Crippen LogP contribution in [0.2, 0.25) is 0 Å². The number of furan rings is 1. The van der Waals surface area contributed by atoms with E-state index in [9.17, 15) is 22.8 Å². The van der Waals surface area contributed by atoms with Gasteiger partial charge in [-0.15, -0.1) is 0 Å². The van der Waals surface area contributed by atoms with Gasteiger partial charge >= 0.3 is 6.18 Å². The SMILES string of the molecule is O=C(NCCOc1ccc(C(F)(F)F)cc1)C1CCCCN1C(=O)c1ccco1. The molecule has 0 radical (unpaired) electrons. The Hall–Kier alpha value is -2.97. The van der Waals surface area contributed by atoms with Crippen molar-refractivity contribution in [3.05, 3.63) is 54.0 Å². The normalized spacial score (nSPS) is 17.1. The summed E-state index contributed by atoms with van der Waals surface area (Å²) in [6.07, 6.45) is -0.788. The molecule has 1 aliphatic heterocycles. The summed E-state index contributed by atoms with van der Waals surface area (Å²) in [5, 5.41) is 2.72. The second-order valence-electron chi connectivity index (χ2n) is 6.65. The van der Waals surface area contributed by atoms with Gasteiger partial charge in [-0.2, -0.15) is 13.2 Å². The Morgan fingerprint density at radius 2 is 1.93 bits per heavy atom. The largest absolute Gasteiger partial charge is 0.492 e. The first kappa shape index (κ1) is 20.8. The highest BCUT2D eigenvalue weighted by atomic mass is 19.4. The maximum Gasteiger partial charge on any atom is 0.416 e. The topological polar surface area (TPSA) is 71.8 Å². The summed E-state index contributed by atoms with van der Waals surface area (Å²) in [4.78, 5) is 26.6. The molecule has 2 heterocycles. The van der Waals surface area contributed by atoms with E-state index in [-0.39, 0.29) is 36.5 Å². The molecular formula is C20H21F3N2O4. The zero-order chi connectivity index (χ0) is 20.9. The minimum absolute atomic E-state index is 0.0932. The quantitative estimate of drug-likeness (QED) is 0.740. The van der Waals surface area contributed by atoms with Gasteiger partial charge < -0.3 is 19.4 Å². The molecule has 6 nitrogen and oxygen atoms in total. The van der Waals surface area contributed by atoms with Gasteiger partial charge in [0.1, 0.15) is 18.4 Å². The van der Waals surface area contributed by atoms with Gasteiger partial charge in [0.05, 0.1) is 18.4 Å². The van der Waals surface area contributed by atoms with E-state index in [2.05, 4.69) is 5.32 Å². The molecule has 1 unspecified atom stereocenters. The zero-order valence-electron chi connectivity index (χ0n) is 15.6. The molecule has 1 N–H and O–H groups in total. The number of rotatable bonds is 6. The number of piperidine rings is 1. The molecule has 0 saturated carbocycles. The molecular weight excluding hydrogens is 389 g/mol. The number of hydrogen-bond acceptors (Lipinski definition) is 4. The van der Waals surface area contributed by atoms with Crippen molar-refractivity contribution >= 4 is 11.8 Å². The third-order valence-corrected chi connectivity index (χ3v) is 4.65. The summed E-state index contributed by atoms with van der Waals surface area (Å²) in [6, 6.07) is 6.93. The highest BCUT2D eigenvalue weighted by Gasteiger charge is 2.33. The molecule has 3 rings (SSSR count). The predicted octanol–water partition coefficient (Wildman–Crippen LogP) is 3.49. The zero-order valence-corrected chi connectivity index (χ0v) is 15.6. The molecule has 0 bridgehead atoms. The van der Waals surface area contributed by atoms with Crippen molar-refractivity contribution in [3.8, 4) is 5.75 Å². The minimum atomic E-state index is -4.40. The molecule has 156 valence electrons. The van der Waals surface area contributed by atoms with E-state index in [1.807, 2.05) is 0 Å². The van der Waals surface area contributed by atoms with Gasteiger partial charge in [-0.1, -0.05) is 0 Å². The Morgan fingerprint density at radius 1 is 1.17 bits per heavy atom. The van der Waals surface area contributed by atoms with Gasteiger partial charge in [0, 0.05) is 6.54 Å². The standard InChI is InChI=1S/C20H21F3N2O4/c21-20(22,23)14-6-8-15(9-7-14)28-13-10-24-18(26)16-4-1-2-11-25(16)19(27)17-5-3-12-29-17/h3,5-9,12,16H,1-2,4,10-11,13H2,(H,24,26). The van der Waals surface area contributed by atoms with Crippen molar-refractivity contribution in [2.24, 2.45) is 0 Å². The lowest BCUT2D eigenvalue weighted by Crippen LogP contribution is -2.52. The fourth-order valence-electron chi connectivity index (χ4n) is 3.19. The van der Waals surface area contributed by atoms with Gasteiger partial charge in [-0.25, -0.2) is 0 Å². The molecule has 1 aromatic carbocycles. The van der Waals surface area contributed by atoms with Gasteiger partial charge in [0.2, 0.25) is 5.91 Å². The number of amides is 2. The van der Waals surface area contributed by atoms with Crippen molar-refractivity contribution in [3.63, 3.8) is 0 Å². The molecule has 0 spiro atoms. The van der Waals surface area contributed by atoms with Crippen LogP contribution in [0.15, 0.2) is 47.1 Å². The van der Waals surface area contributed by atoms with Crippen LogP contribution in [0.3, 0.4) is 0 Å². The van der Waals surface area contributed by atoms with E-state index >= 15 is 0 Å². The Morgan fingerprint density at radius 3 is 2.59 bits per heavy atom. The first-order chi connectivity index (χ1) is 13.9. The molecule has 2 amide bonds. The molecule has 1 aliphatic rings. The van der Waals surface area contributed by atoms with Crippen molar-refractivity contribution in [1.29, 1.82) is 0 Å². The summed E-state index contributed by atoms with van der Waals surface area (Å²) >= 11 is 0. The van der Waals surface area contributed by atoms with Crippen LogP contribution >= 0.6 is 0 Å². The lowest BCUT2D eigenvalue weighted by molar-refractivity contribution is -0.137. The van der Waals surface area contributed by atoms with E-state index in [0.29, 0.717) is 13.0 Å². The molecule has 1 aromatic heterocycles. The third kappa shape index (κ3) is 5.30. The summed E-state index contributed by atoms with van der Waals surface area (Å²) in [7, 11) is 0. The fourth-order valence-corrected chi connectivity index (χ4v) is 3.19. The number of nitrogens with one attached hydrogen (secondary N) is 1. The van der Waals surface area contributed by atoms with Crippen LogP contribution in [0, 0.1) is 0 Å². The summed E-state index contributed by atoms with van der Waals surface area (Å²) in [6.45, 7) is 0.731. The Labute approximate surface area is 165 Å². The van der Waals surface area contributed by atoms with Crippen LogP contribution in [0.4, 0.5) is 13.2 Å². The number of carbonyl (C=O) groups excluding carboxylic acids is 2. The van der Waals surface area contributed by atoms with Gasteiger partial charge in [0.15, 0.2) is 5.76 Å². The minimum Gasteiger partial charge on any atom is -0.492 e. The smallest absolute Gasteiger partial charge is 0.416 e. The molecule has 1 saturated heterocycles. The van der Waals surface area contributed by atoms with Crippen LogP contribution < -0.4 is 10.1 Å². The van der Waals surface area contributed by atoms with Crippen LogP contribution in [0.25, 0.3) is 0 Å². The molecule has 1 fully saturated rings. The van der Waals surface area contributed by atoms with E-state index in [1.54, 1.807) is 12.1 Å². The number of hydrogen-bond donors (Lipinski definition) is 1. The van der Waals surface area contributed by atoms with Crippen molar-refractivity contribution < 1.29 is 31.9 Å². The lowest BCUT2D eigenvalue weighted by atomic mass is 10.0. The van der Waals surface area contributed by atoms with Crippen LogP contribution in [-0.2, 0) is 11.0 Å². The number of ether oxygens (including phenoxy) is 1. The number of carbonyl (C=O) groups is 2. The number of alkyl halides is 3. The average Bonchev–Trinajstić information content (AvgIpc) is 3.25. The molecule has 29 heavy (non-hydrogen) atoms. The van der Waals surface area contributed by atoms with E-state index < -0.39 is 17.8 Å². The summed E-state index contributed by atoms with van der Waals surface area (Å²) < 4.78 is 48.2. The van der Waals surface area contributed by atoms with Gasteiger partial charge in [0.25, 0.3) is 5.91 Å².